The zero-order valence-electron chi connectivity index (χ0n) is 22.3. The number of methoxy groups -OCH3 is 1. The Bertz CT molecular complexity index is 1920. The molecular formula is C32H27NO7. The summed E-state index contributed by atoms with van der Waals surface area (Å²) in [5, 5.41) is 11.7. The second-order valence-corrected chi connectivity index (χ2v) is 10.4. The van der Waals surface area contributed by atoms with Crippen molar-refractivity contribution >= 4 is 27.8 Å². The molecule has 5 aromatic rings. The lowest BCUT2D eigenvalue weighted by Crippen LogP contribution is -2.31. The van der Waals surface area contributed by atoms with Gasteiger partial charge < -0.3 is 23.6 Å². The summed E-state index contributed by atoms with van der Waals surface area (Å²) in [6, 6.07) is 17.6. The summed E-state index contributed by atoms with van der Waals surface area (Å²) < 4.78 is 18.5. The van der Waals surface area contributed by atoms with Crippen molar-refractivity contribution in [1.82, 2.24) is 4.57 Å². The SMILES string of the molecule is COc1ccc(-c2coc3c4c(cc(O)c3c2=O)OC(=O)C[C@@H]4c2cc3ccccc3n(CC(C)C)c2=O)cc1. The number of fused-ring (bicyclic) bond motifs is 4. The number of esters is 1. The van der Waals surface area contributed by atoms with Crippen LogP contribution in [0.5, 0.6) is 17.2 Å². The number of benzene rings is 3. The van der Waals surface area contributed by atoms with Crippen molar-refractivity contribution < 1.29 is 23.8 Å². The Morgan fingerprint density at radius 2 is 1.80 bits per heavy atom. The predicted molar refractivity (Wildman–Crippen MR) is 151 cm³/mol. The molecular weight excluding hydrogens is 510 g/mol. The first-order valence-electron chi connectivity index (χ1n) is 13.1. The average Bonchev–Trinajstić information content (AvgIpc) is 2.93. The third-order valence-electron chi connectivity index (χ3n) is 7.33. The molecule has 0 unspecified atom stereocenters. The van der Waals surface area contributed by atoms with Crippen LogP contribution in [0.25, 0.3) is 33.0 Å². The molecule has 6 rings (SSSR count). The van der Waals surface area contributed by atoms with Crippen LogP contribution in [0.1, 0.15) is 37.3 Å². The number of rotatable bonds is 5. The minimum absolute atomic E-state index is 0.0432. The fourth-order valence-electron chi connectivity index (χ4n) is 5.51. The number of hydrogen-bond acceptors (Lipinski definition) is 7. The fraction of sp³-hybridized carbons (Fsp3) is 0.219. The van der Waals surface area contributed by atoms with Crippen LogP contribution >= 0.6 is 0 Å². The topological polar surface area (TPSA) is 108 Å². The zero-order valence-corrected chi connectivity index (χ0v) is 22.3. The van der Waals surface area contributed by atoms with Gasteiger partial charge in [0.2, 0.25) is 5.43 Å². The number of carbonyl (C=O) groups excluding carboxylic acids is 1. The Hall–Kier alpha value is -4.85. The normalized spacial score (nSPS) is 14.9. The van der Waals surface area contributed by atoms with E-state index in [0.29, 0.717) is 29.0 Å². The first-order chi connectivity index (χ1) is 19.3. The number of aromatic nitrogens is 1. The Morgan fingerprint density at radius 3 is 2.52 bits per heavy atom. The molecule has 1 aliphatic heterocycles. The van der Waals surface area contributed by atoms with Crippen LogP contribution in [-0.2, 0) is 11.3 Å². The molecule has 2 aromatic heterocycles. The summed E-state index contributed by atoms with van der Waals surface area (Å²) in [5.41, 5.74) is 1.82. The van der Waals surface area contributed by atoms with Crippen molar-refractivity contribution in [2.45, 2.75) is 32.7 Å². The fourth-order valence-corrected chi connectivity index (χ4v) is 5.51. The van der Waals surface area contributed by atoms with E-state index < -0.39 is 17.3 Å². The highest BCUT2D eigenvalue weighted by atomic mass is 16.5. The third kappa shape index (κ3) is 4.12. The molecule has 1 N–H and O–H groups in total. The monoisotopic (exact) mass is 537 g/mol. The lowest BCUT2D eigenvalue weighted by Gasteiger charge is -2.26. The number of aromatic hydroxyl groups is 1. The van der Waals surface area contributed by atoms with Gasteiger partial charge in [-0.3, -0.25) is 14.4 Å². The molecule has 3 heterocycles. The second kappa shape index (κ2) is 9.72. The van der Waals surface area contributed by atoms with Gasteiger partial charge in [-0.2, -0.15) is 0 Å². The molecule has 202 valence electrons. The van der Waals surface area contributed by atoms with Crippen molar-refractivity contribution in [2.24, 2.45) is 5.92 Å². The summed E-state index contributed by atoms with van der Waals surface area (Å²) in [4.78, 5) is 40.4. The molecule has 3 aromatic carbocycles. The highest BCUT2D eigenvalue weighted by Gasteiger charge is 2.35. The quantitative estimate of drug-likeness (QED) is 0.230. The molecule has 8 nitrogen and oxygen atoms in total. The van der Waals surface area contributed by atoms with Crippen molar-refractivity contribution in [1.29, 1.82) is 0 Å². The number of ether oxygens (including phenoxy) is 2. The second-order valence-electron chi connectivity index (χ2n) is 10.4. The molecule has 0 saturated carbocycles. The minimum Gasteiger partial charge on any atom is -0.507 e. The smallest absolute Gasteiger partial charge is 0.312 e. The summed E-state index contributed by atoms with van der Waals surface area (Å²) in [7, 11) is 1.55. The zero-order chi connectivity index (χ0) is 28.1. The molecule has 0 fully saturated rings. The van der Waals surface area contributed by atoms with E-state index in [-0.39, 0.29) is 45.9 Å². The molecule has 8 heteroatoms. The number of phenolic OH excluding ortho intramolecular Hbond substituents is 1. The van der Waals surface area contributed by atoms with E-state index in [4.69, 9.17) is 13.9 Å². The van der Waals surface area contributed by atoms with Crippen LogP contribution in [0.2, 0.25) is 0 Å². The summed E-state index contributed by atoms with van der Waals surface area (Å²) >= 11 is 0. The van der Waals surface area contributed by atoms with E-state index in [1.807, 2.05) is 38.1 Å². The molecule has 0 radical (unpaired) electrons. The van der Waals surface area contributed by atoms with Crippen LogP contribution in [-0.4, -0.2) is 22.8 Å². The van der Waals surface area contributed by atoms with E-state index in [0.717, 1.165) is 10.9 Å². The lowest BCUT2D eigenvalue weighted by atomic mass is 9.84. The van der Waals surface area contributed by atoms with E-state index in [1.54, 1.807) is 42.0 Å². The van der Waals surface area contributed by atoms with Gasteiger partial charge in [-0.1, -0.05) is 44.2 Å². The third-order valence-corrected chi connectivity index (χ3v) is 7.33. The van der Waals surface area contributed by atoms with Gasteiger partial charge in [0, 0.05) is 29.7 Å². The molecule has 0 amide bonds. The van der Waals surface area contributed by atoms with Gasteiger partial charge in [0.05, 0.1) is 24.6 Å². The summed E-state index contributed by atoms with van der Waals surface area (Å²) in [6.45, 7) is 4.56. The van der Waals surface area contributed by atoms with E-state index in [9.17, 15) is 19.5 Å². The maximum Gasteiger partial charge on any atom is 0.312 e. The van der Waals surface area contributed by atoms with Crippen LogP contribution in [0.15, 0.2) is 80.9 Å². The van der Waals surface area contributed by atoms with Gasteiger partial charge in [-0.15, -0.1) is 0 Å². The van der Waals surface area contributed by atoms with E-state index >= 15 is 0 Å². The van der Waals surface area contributed by atoms with Gasteiger partial charge in [0.25, 0.3) is 5.56 Å². The van der Waals surface area contributed by atoms with E-state index in [2.05, 4.69) is 0 Å². The van der Waals surface area contributed by atoms with Crippen molar-refractivity contribution in [3.8, 4) is 28.4 Å². The Morgan fingerprint density at radius 1 is 1.05 bits per heavy atom. The Balaban J connectivity index is 1.61. The van der Waals surface area contributed by atoms with Gasteiger partial charge in [-0.25, -0.2) is 0 Å². The predicted octanol–water partition coefficient (Wildman–Crippen LogP) is 5.59. The first kappa shape index (κ1) is 25.4. The largest absolute Gasteiger partial charge is 0.507 e. The van der Waals surface area contributed by atoms with Gasteiger partial charge >= 0.3 is 5.97 Å². The maximum absolute atomic E-state index is 14.0. The van der Waals surface area contributed by atoms with Crippen molar-refractivity contribution in [3.05, 3.63) is 98.6 Å². The summed E-state index contributed by atoms with van der Waals surface area (Å²) in [5.74, 6) is -0.765. The highest BCUT2D eigenvalue weighted by molar-refractivity contribution is 5.94. The minimum atomic E-state index is -0.746. The average molecular weight is 538 g/mol. The molecule has 0 saturated heterocycles. The summed E-state index contributed by atoms with van der Waals surface area (Å²) in [6.07, 6.45) is 1.21. The lowest BCUT2D eigenvalue weighted by molar-refractivity contribution is -0.135. The number of phenols is 1. The Labute approximate surface area is 229 Å². The van der Waals surface area contributed by atoms with Crippen LogP contribution < -0.4 is 20.5 Å². The molecule has 1 aliphatic rings. The standard InChI is InChI=1S/C32H27NO7/c1-17(2)15-33-24-7-5-4-6-19(24)12-22(32(33)37)21-13-27(35)40-26-14-25(34)29-30(36)23(16-39-31(29)28(21)26)18-8-10-20(38-3)11-9-18/h4-12,14,16-17,21,34H,13,15H2,1-3H3/t21-/m1/s1. The molecule has 1 atom stereocenters. The van der Waals surface area contributed by atoms with E-state index in [1.165, 1.54) is 12.3 Å². The first-order valence-corrected chi connectivity index (χ1v) is 13.1. The van der Waals surface area contributed by atoms with Crippen molar-refractivity contribution in [2.75, 3.05) is 7.11 Å². The van der Waals surface area contributed by atoms with Crippen LogP contribution in [0, 0.1) is 5.92 Å². The molecule has 0 bridgehead atoms. The van der Waals surface area contributed by atoms with Gasteiger partial charge in [0.15, 0.2) is 0 Å². The maximum atomic E-state index is 14.0. The number of para-hydroxylation sites is 1. The molecule has 0 aliphatic carbocycles. The molecule has 0 spiro atoms. The number of pyridine rings is 1. The van der Waals surface area contributed by atoms with Crippen molar-refractivity contribution in [3.63, 3.8) is 0 Å². The highest BCUT2D eigenvalue weighted by Crippen LogP contribution is 2.45. The van der Waals surface area contributed by atoms with Crippen LogP contribution in [0.4, 0.5) is 0 Å². The number of carbonyl (C=O) groups is 1. The van der Waals surface area contributed by atoms with Gasteiger partial charge in [-0.05, 0) is 41.1 Å². The van der Waals surface area contributed by atoms with Gasteiger partial charge in [0.1, 0.15) is 34.5 Å². The van der Waals surface area contributed by atoms with Crippen LogP contribution in [0.3, 0.4) is 0 Å². The Kier molecular flexibility index (Phi) is 6.18. The number of nitrogens with zero attached hydrogens (tertiary/aromatic N) is 1. The number of hydrogen-bond donors (Lipinski definition) is 1. The molecule has 40 heavy (non-hydrogen) atoms.